The number of anilines is 1. The van der Waals surface area contributed by atoms with Crippen LogP contribution in [0.4, 0.5) is 5.69 Å². The third kappa shape index (κ3) is 2.30. The molecule has 5 nitrogen and oxygen atoms in total. The van der Waals surface area contributed by atoms with Crippen molar-refractivity contribution in [2.45, 2.75) is 38.4 Å². The standard InChI is InChI=1S/C21H22N2O3/c1-3-26-20(25)21-13-12-18(15-9-5-4-8-14(15)2)23(21)17-11-7-6-10-16(17)19(24)22-21/h4-11,18H,3,12-13H2,1-2H3,(H,22,24)/t18-,21+/m0/s1. The molecule has 4 rings (SSSR count). The van der Waals surface area contributed by atoms with Crippen molar-refractivity contribution in [3.05, 3.63) is 65.2 Å². The summed E-state index contributed by atoms with van der Waals surface area (Å²) in [6, 6.07) is 15.7. The van der Waals surface area contributed by atoms with Crippen LogP contribution in [-0.4, -0.2) is 24.1 Å². The molecule has 5 heteroatoms. The monoisotopic (exact) mass is 350 g/mol. The highest BCUT2D eigenvalue weighted by molar-refractivity contribution is 6.07. The van der Waals surface area contributed by atoms with Crippen LogP contribution < -0.4 is 10.2 Å². The molecule has 0 spiro atoms. The van der Waals surface area contributed by atoms with E-state index >= 15 is 0 Å². The molecule has 0 unspecified atom stereocenters. The van der Waals surface area contributed by atoms with E-state index in [1.54, 1.807) is 13.0 Å². The smallest absolute Gasteiger partial charge is 0.353 e. The molecule has 1 saturated heterocycles. The Morgan fingerprint density at radius 1 is 1.23 bits per heavy atom. The van der Waals surface area contributed by atoms with Crippen molar-refractivity contribution < 1.29 is 14.3 Å². The van der Waals surface area contributed by atoms with Crippen LogP contribution in [-0.2, 0) is 9.53 Å². The summed E-state index contributed by atoms with van der Waals surface area (Å²) >= 11 is 0. The van der Waals surface area contributed by atoms with Gasteiger partial charge in [0, 0.05) is 6.42 Å². The van der Waals surface area contributed by atoms with Gasteiger partial charge in [-0.3, -0.25) is 4.79 Å². The van der Waals surface area contributed by atoms with Crippen molar-refractivity contribution in [2.24, 2.45) is 0 Å². The van der Waals surface area contributed by atoms with Crippen LogP contribution in [0.15, 0.2) is 48.5 Å². The lowest BCUT2D eigenvalue weighted by Crippen LogP contribution is -2.66. The second-order valence-corrected chi connectivity index (χ2v) is 6.83. The maximum atomic E-state index is 12.9. The molecule has 1 amide bonds. The number of amides is 1. The predicted octanol–water partition coefficient (Wildman–Crippen LogP) is 3.34. The van der Waals surface area contributed by atoms with Crippen LogP contribution >= 0.6 is 0 Å². The average Bonchev–Trinajstić information content (AvgIpc) is 3.03. The molecular formula is C21H22N2O3. The first-order valence-electron chi connectivity index (χ1n) is 9.02. The fourth-order valence-electron chi connectivity index (χ4n) is 4.25. The molecule has 0 aliphatic carbocycles. The summed E-state index contributed by atoms with van der Waals surface area (Å²) in [5, 5.41) is 2.96. The minimum atomic E-state index is -1.14. The quantitative estimate of drug-likeness (QED) is 0.863. The van der Waals surface area contributed by atoms with E-state index in [4.69, 9.17) is 4.74 Å². The summed E-state index contributed by atoms with van der Waals surface area (Å²) in [5.41, 5.74) is 2.58. The number of ether oxygens (including phenoxy) is 1. The highest BCUT2D eigenvalue weighted by Crippen LogP contribution is 2.49. The Bertz CT molecular complexity index is 879. The van der Waals surface area contributed by atoms with E-state index in [0.717, 1.165) is 12.1 Å². The first-order chi connectivity index (χ1) is 12.6. The molecule has 2 atom stereocenters. The van der Waals surface area contributed by atoms with Gasteiger partial charge in [-0.25, -0.2) is 4.79 Å². The molecule has 0 bridgehead atoms. The second-order valence-electron chi connectivity index (χ2n) is 6.83. The molecule has 2 aliphatic rings. The lowest BCUT2D eigenvalue weighted by atomic mass is 9.97. The topological polar surface area (TPSA) is 58.6 Å². The third-order valence-electron chi connectivity index (χ3n) is 5.39. The zero-order valence-electron chi connectivity index (χ0n) is 15.0. The van der Waals surface area contributed by atoms with E-state index < -0.39 is 5.66 Å². The van der Waals surface area contributed by atoms with Gasteiger partial charge in [0.1, 0.15) is 0 Å². The Kier molecular flexibility index (Phi) is 3.94. The van der Waals surface area contributed by atoms with Crippen molar-refractivity contribution >= 4 is 17.6 Å². The van der Waals surface area contributed by atoms with E-state index in [-0.39, 0.29) is 24.5 Å². The Labute approximate surface area is 153 Å². The fraction of sp³-hybridized carbons (Fsp3) is 0.333. The molecule has 0 saturated carbocycles. The lowest BCUT2D eigenvalue weighted by Gasteiger charge is -2.45. The van der Waals surface area contributed by atoms with Crippen LogP contribution in [0, 0.1) is 6.92 Å². The maximum Gasteiger partial charge on any atom is 0.353 e. The number of hydrogen-bond acceptors (Lipinski definition) is 4. The molecule has 0 radical (unpaired) electrons. The summed E-state index contributed by atoms with van der Waals surface area (Å²) in [4.78, 5) is 27.7. The first kappa shape index (κ1) is 16.6. The number of carbonyl (C=O) groups is 2. The number of hydrogen-bond donors (Lipinski definition) is 1. The predicted molar refractivity (Wildman–Crippen MR) is 98.9 cm³/mol. The molecule has 26 heavy (non-hydrogen) atoms. The summed E-state index contributed by atoms with van der Waals surface area (Å²) in [5.74, 6) is -0.616. The number of rotatable bonds is 3. The highest BCUT2D eigenvalue weighted by Gasteiger charge is 2.57. The zero-order chi connectivity index (χ0) is 18.3. The van der Waals surface area contributed by atoms with Gasteiger partial charge in [-0.2, -0.15) is 0 Å². The number of fused-ring (bicyclic) bond motifs is 3. The minimum absolute atomic E-state index is 0.00218. The van der Waals surface area contributed by atoms with Crippen LogP contribution in [0.2, 0.25) is 0 Å². The van der Waals surface area contributed by atoms with Crippen molar-refractivity contribution in [3.63, 3.8) is 0 Å². The molecule has 0 aromatic heterocycles. The van der Waals surface area contributed by atoms with Gasteiger partial charge in [-0.05, 0) is 43.5 Å². The number of carbonyl (C=O) groups excluding carboxylic acids is 2. The molecule has 2 heterocycles. The summed E-state index contributed by atoms with van der Waals surface area (Å²) in [7, 11) is 0. The molecule has 1 N–H and O–H groups in total. The van der Waals surface area contributed by atoms with Crippen LogP contribution in [0.25, 0.3) is 0 Å². The second kappa shape index (κ2) is 6.16. The first-order valence-corrected chi connectivity index (χ1v) is 9.02. The Balaban J connectivity index is 1.90. The molecule has 2 aromatic carbocycles. The van der Waals surface area contributed by atoms with Gasteiger partial charge in [0.15, 0.2) is 0 Å². The van der Waals surface area contributed by atoms with Crippen LogP contribution in [0.3, 0.4) is 0 Å². The molecule has 1 fully saturated rings. The number of nitrogens with zero attached hydrogens (tertiary/aromatic N) is 1. The summed E-state index contributed by atoms with van der Waals surface area (Å²) in [6.45, 7) is 4.14. The average molecular weight is 350 g/mol. The number of esters is 1. The molecular weight excluding hydrogens is 328 g/mol. The largest absolute Gasteiger partial charge is 0.463 e. The summed E-state index contributed by atoms with van der Waals surface area (Å²) in [6.07, 6.45) is 1.28. The van der Waals surface area contributed by atoms with Gasteiger partial charge < -0.3 is 15.0 Å². The van der Waals surface area contributed by atoms with E-state index in [1.165, 1.54) is 11.1 Å². The number of benzene rings is 2. The van der Waals surface area contributed by atoms with E-state index in [0.29, 0.717) is 12.0 Å². The van der Waals surface area contributed by atoms with Crippen molar-refractivity contribution in [1.29, 1.82) is 0 Å². The van der Waals surface area contributed by atoms with Crippen LogP contribution in [0.5, 0.6) is 0 Å². The number of aryl methyl sites for hydroxylation is 1. The van der Waals surface area contributed by atoms with E-state index in [1.807, 2.05) is 30.3 Å². The van der Waals surface area contributed by atoms with Gasteiger partial charge >= 0.3 is 5.97 Å². The van der Waals surface area contributed by atoms with Gasteiger partial charge in [-0.15, -0.1) is 0 Å². The molecule has 134 valence electrons. The molecule has 2 aromatic rings. The SMILES string of the molecule is CCOC(=O)[C@@]12CC[C@@H](c3ccccc3C)N1c1ccccc1C(=O)N2. The van der Waals surface area contributed by atoms with Crippen LogP contribution in [0.1, 0.15) is 47.3 Å². The van der Waals surface area contributed by atoms with E-state index in [2.05, 4.69) is 29.3 Å². The van der Waals surface area contributed by atoms with Crippen molar-refractivity contribution in [3.8, 4) is 0 Å². The lowest BCUT2D eigenvalue weighted by molar-refractivity contribution is -0.150. The fourth-order valence-corrected chi connectivity index (χ4v) is 4.25. The van der Waals surface area contributed by atoms with Gasteiger partial charge in [0.2, 0.25) is 5.66 Å². The molecule has 2 aliphatic heterocycles. The van der Waals surface area contributed by atoms with Gasteiger partial charge in [-0.1, -0.05) is 36.4 Å². The minimum Gasteiger partial charge on any atom is -0.463 e. The van der Waals surface area contributed by atoms with Gasteiger partial charge in [0.25, 0.3) is 5.91 Å². The Morgan fingerprint density at radius 3 is 2.73 bits per heavy atom. The normalized spacial score (nSPS) is 23.8. The van der Waals surface area contributed by atoms with Crippen molar-refractivity contribution in [2.75, 3.05) is 11.5 Å². The summed E-state index contributed by atoms with van der Waals surface area (Å²) < 4.78 is 5.37. The maximum absolute atomic E-state index is 12.9. The Morgan fingerprint density at radius 2 is 1.96 bits per heavy atom. The Hall–Kier alpha value is -2.82. The third-order valence-corrected chi connectivity index (χ3v) is 5.39. The zero-order valence-corrected chi connectivity index (χ0v) is 15.0. The number of nitrogens with one attached hydrogen (secondary N) is 1. The van der Waals surface area contributed by atoms with Gasteiger partial charge in [0.05, 0.1) is 23.9 Å². The highest BCUT2D eigenvalue weighted by atomic mass is 16.5. The number of para-hydroxylation sites is 1. The van der Waals surface area contributed by atoms with E-state index in [9.17, 15) is 9.59 Å². The van der Waals surface area contributed by atoms with Crippen molar-refractivity contribution in [1.82, 2.24) is 5.32 Å².